The van der Waals surface area contributed by atoms with Crippen LogP contribution in [0.1, 0.15) is 30.8 Å². The number of hydrogen-bond acceptors (Lipinski definition) is 3. The first-order chi connectivity index (χ1) is 10.4. The summed E-state index contributed by atoms with van der Waals surface area (Å²) in [7, 11) is 0. The van der Waals surface area contributed by atoms with Gasteiger partial charge < -0.3 is 14.8 Å². The first-order valence-electron chi connectivity index (χ1n) is 7.06. The number of rotatable bonds is 6. The molecule has 2 rings (SSSR count). The van der Waals surface area contributed by atoms with Gasteiger partial charge in [-0.2, -0.15) is 0 Å². The predicted molar refractivity (Wildman–Crippen MR) is 82.5 cm³/mol. The van der Waals surface area contributed by atoms with Crippen LogP contribution < -0.4 is 5.32 Å². The lowest BCUT2D eigenvalue weighted by atomic mass is 9.90. The largest absolute Gasteiger partial charge is 0.481 e. The lowest BCUT2D eigenvalue weighted by Crippen LogP contribution is -2.32. The van der Waals surface area contributed by atoms with E-state index in [2.05, 4.69) is 5.32 Å². The summed E-state index contributed by atoms with van der Waals surface area (Å²) in [4.78, 5) is 23.2. The highest BCUT2D eigenvalue weighted by molar-refractivity contribution is 5.98. The number of carbonyl (C=O) groups excluding carboxylic acids is 1. The lowest BCUT2D eigenvalue weighted by molar-refractivity contribution is -0.147. The Morgan fingerprint density at radius 2 is 1.86 bits per heavy atom. The van der Waals surface area contributed by atoms with Crippen molar-refractivity contribution < 1.29 is 19.1 Å². The minimum absolute atomic E-state index is 0.235. The summed E-state index contributed by atoms with van der Waals surface area (Å²) >= 11 is 0. The van der Waals surface area contributed by atoms with Gasteiger partial charge in [0.25, 0.3) is 5.91 Å². The minimum atomic E-state index is -0.885. The van der Waals surface area contributed by atoms with Crippen molar-refractivity contribution in [3.8, 4) is 11.1 Å². The molecule has 22 heavy (non-hydrogen) atoms. The molecule has 5 nitrogen and oxygen atoms in total. The molecule has 0 atom stereocenters. The van der Waals surface area contributed by atoms with E-state index in [0.29, 0.717) is 6.42 Å². The SMILES string of the molecule is CC(C)(CCNC(=O)c1occc1-c1ccccc1)C(=O)O. The van der Waals surface area contributed by atoms with Crippen LogP contribution in [0.3, 0.4) is 0 Å². The standard InChI is InChI=1S/C17H19NO4/c1-17(2,16(20)21)9-10-18-15(19)14-13(8-11-22-14)12-6-4-3-5-7-12/h3-8,11H,9-10H2,1-2H3,(H,18,19)(H,20,21). The average Bonchev–Trinajstić information content (AvgIpc) is 2.97. The van der Waals surface area contributed by atoms with Gasteiger partial charge in [-0.1, -0.05) is 30.3 Å². The molecule has 0 spiro atoms. The number of benzene rings is 1. The number of amides is 1. The van der Waals surface area contributed by atoms with Gasteiger partial charge in [-0.15, -0.1) is 0 Å². The average molecular weight is 301 g/mol. The smallest absolute Gasteiger partial charge is 0.309 e. The second kappa shape index (κ2) is 6.47. The number of furan rings is 1. The molecule has 0 aliphatic heterocycles. The van der Waals surface area contributed by atoms with Gasteiger partial charge in [0, 0.05) is 12.1 Å². The molecular formula is C17H19NO4. The summed E-state index contributed by atoms with van der Waals surface area (Å²) in [6.45, 7) is 3.53. The Kier molecular flexibility index (Phi) is 4.65. The summed E-state index contributed by atoms with van der Waals surface area (Å²) in [5, 5.41) is 11.8. The van der Waals surface area contributed by atoms with Crippen LogP contribution in [0.5, 0.6) is 0 Å². The molecule has 1 heterocycles. The van der Waals surface area contributed by atoms with Gasteiger partial charge in [-0.3, -0.25) is 9.59 Å². The molecule has 0 aliphatic rings. The molecule has 116 valence electrons. The van der Waals surface area contributed by atoms with Crippen molar-refractivity contribution in [1.82, 2.24) is 5.32 Å². The maximum Gasteiger partial charge on any atom is 0.309 e. The summed E-state index contributed by atoms with van der Waals surface area (Å²) in [6, 6.07) is 11.2. The van der Waals surface area contributed by atoms with Crippen LogP contribution in [0.15, 0.2) is 47.1 Å². The molecule has 0 radical (unpaired) electrons. The maximum atomic E-state index is 12.2. The van der Waals surface area contributed by atoms with Crippen molar-refractivity contribution in [1.29, 1.82) is 0 Å². The molecule has 0 aliphatic carbocycles. The van der Waals surface area contributed by atoms with E-state index in [4.69, 9.17) is 9.52 Å². The van der Waals surface area contributed by atoms with Gasteiger partial charge in [-0.25, -0.2) is 0 Å². The summed E-state index contributed by atoms with van der Waals surface area (Å²) in [5.74, 6) is -0.992. The van der Waals surface area contributed by atoms with Crippen molar-refractivity contribution in [2.45, 2.75) is 20.3 Å². The minimum Gasteiger partial charge on any atom is -0.481 e. The fraction of sp³-hybridized carbons (Fsp3) is 0.294. The monoisotopic (exact) mass is 301 g/mol. The Hall–Kier alpha value is -2.56. The van der Waals surface area contributed by atoms with Gasteiger partial charge in [0.2, 0.25) is 0 Å². The number of carboxylic acid groups (broad SMARTS) is 1. The quantitative estimate of drug-likeness (QED) is 0.858. The molecule has 1 amide bonds. The third-order valence-corrected chi connectivity index (χ3v) is 3.57. The van der Waals surface area contributed by atoms with Crippen LogP contribution in [0, 0.1) is 5.41 Å². The fourth-order valence-electron chi connectivity index (χ4n) is 2.01. The molecule has 1 aromatic carbocycles. The van der Waals surface area contributed by atoms with E-state index in [9.17, 15) is 9.59 Å². The van der Waals surface area contributed by atoms with E-state index < -0.39 is 11.4 Å². The highest BCUT2D eigenvalue weighted by Gasteiger charge is 2.27. The molecule has 0 unspecified atom stereocenters. The van der Waals surface area contributed by atoms with Crippen LogP contribution in [0.4, 0.5) is 0 Å². The van der Waals surface area contributed by atoms with Crippen LogP contribution in [0.25, 0.3) is 11.1 Å². The van der Waals surface area contributed by atoms with Gasteiger partial charge in [0.15, 0.2) is 5.76 Å². The third-order valence-electron chi connectivity index (χ3n) is 3.57. The zero-order valence-corrected chi connectivity index (χ0v) is 12.6. The third kappa shape index (κ3) is 3.55. The second-order valence-corrected chi connectivity index (χ2v) is 5.72. The molecule has 1 aromatic heterocycles. The van der Waals surface area contributed by atoms with E-state index in [-0.39, 0.29) is 18.2 Å². The van der Waals surface area contributed by atoms with E-state index in [1.54, 1.807) is 19.9 Å². The normalized spacial score (nSPS) is 11.2. The van der Waals surface area contributed by atoms with Gasteiger partial charge >= 0.3 is 5.97 Å². The maximum absolute atomic E-state index is 12.2. The van der Waals surface area contributed by atoms with E-state index in [1.165, 1.54) is 6.26 Å². The molecule has 0 saturated heterocycles. The summed E-state index contributed by atoms with van der Waals surface area (Å²) in [6.07, 6.45) is 1.81. The van der Waals surface area contributed by atoms with Crippen molar-refractivity contribution in [2.75, 3.05) is 6.54 Å². The topological polar surface area (TPSA) is 79.5 Å². The van der Waals surface area contributed by atoms with Crippen molar-refractivity contribution in [2.24, 2.45) is 5.41 Å². The van der Waals surface area contributed by atoms with Crippen molar-refractivity contribution >= 4 is 11.9 Å². The Morgan fingerprint density at radius 1 is 1.18 bits per heavy atom. The number of nitrogens with one attached hydrogen (secondary N) is 1. The van der Waals surface area contributed by atoms with E-state index in [1.807, 2.05) is 30.3 Å². The molecular weight excluding hydrogens is 282 g/mol. The molecule has 0 saturated carbocycles. The van der Waals surface area contributed by atoms with Crippen molar-refractivity contribution in [3.05, 3.63) is 48.4 Å². The summed E-state index contributed by atoms with van der Waals surface area (Å²) < 4.78 is 5.28. The first kappa shape index (κ1) is 15.8. The number of aliphatic carboxylic acids is 1. The van der Waals surface area contributed by atoms with Crippen molar-refractivity contribution in [3.63, 3.8) is 0 Å². The van der Waals surface area contributed by atoms with Crippen LogP contribution in [-0.2, 0) is 4.79 Å². The molecule has 5 heteroatoms. The van der Waals surface area contributed by atoms with Crippen LogP contribution in [-0.4, -0.2) is 23.5 Å². The van der Waals surface area contributed by atoms with Gasteiger partial charge in [-0.05, 0) is 31.9 Å². The van der Waals surface area contributed by atoms with E-state index >= 15 is 0 Å². The Labute approximate surface area is 129 Å². The number of carbonyl (C=O) groups is 2. The summed E-state index contributed by atoms with van der Waals surface area (Å²) in [5.41, 5.74) is 0.737. The highest BCUT2D eigenvalue weighted by Crippen LogP contribution is 2.25. The first-order valence-corrected chi connectivity index (χ1v) is 7.06. The van der Waals surface area contributed by atoms with Gasteiger partial charge in [0.05, 0.1) is 11.7 Å². The fourth-order valence-corrected chi connectivity index (χ4v) is 2.01. The molecule has 0 bridgehead atoms. The van der Waals surface area contributed by atoms with Gasteiger partial charge in [0.1, 0.15) is 0 Å². The zero-order chi connectivity index (χ0) is 16.2. The zero-order valence-electron chi connectivity index (χ0n) is 12.6. The number of carboxylic acids is 1. The van der Waals surface area contributed by atoms with Crippen LogP contribution >= 0.6 is 0 Å². The molecule has 2 aromatic rings. The second-order valence-electron chi connectivity index (χ2n) is 5.72. The Bertz CT molecular complexity index is 658. The predicted octanol–water partition coefficient (Wildman–Crippen LogP) is 3.18. The van der Waals surface area contributed by atoms with Crippen LogP contribution in [0.2, 0.25) is 0 Å². The Balaban J connectivity index is 2.03. The molecule has 0 fully saturated rings. The molecule has 2 N–H and O–H groups in total. The highest BCUT2D eigenvalue weighted by atomic mass is 16.4. The van der Waals surface area contributed by atoms with E-state index in [0.717, 1.165) is 11.1 Å². The Morgan fingerprint density at radius 3 is 2.50 bits per heavy atom. The lowest BCUT2D eigenvalue weighted by Gasteiger charge is -2.18. The number of hydrogen-bond donors (Lipinski definition) is 2.